The van der Waals surface area contributed by atoms with Gasteiger partial charge in [0.05, 0.1) is 11.2 Å². The molecule has 0 aliphatic carbocycles. The number of aliphatic hydroxyl groups is 2. The van der Waals surface area contributed by atoms with Crippen LogP contribution in [0.4, 0.5) is 0 Å². The Hall–Kier alpha value is -0.120. The number of nitrogens with one attached hydrogen (secondary N) is 1. The van der Waals surface area contributed by atoms with Gasteiger partial charge in [0, 0.05) is 12.5 Å². The summed E-state index contributed by atoms with van der Waals surface area (Å²) in [5.41, 5.74) is -1.54. The highest BCUT2D eigenvalue weighted by atomic mass is 16.3. The summed E-state index contributed by atoms with van der Waals surface area (Å²) >= 11 is 0. The lowest BCUT2D eigenvalue weighted by molar-refractivity contribution is -0.113. The minimum atomic E-state index is -0.809. The zero-order valence-electron chi connectivity index (χ0n) is 8.09. The molecular formula is C9H19NO2. The average Bonchev–Trinajstić information content (AvgIpc) is 1.83. The van der Waals surface area contributed by atoms with Crippen LogP contribution in [0.2, 0.25) is 0 Å². The molecule has 0 aromatic rings. The molecule has 1 fully saturated rings. The fourth-order valence-corrected chi connectivity index (χ4v) is 1.99. The molecule has 1 unspecified atom stereocenters. The van der Waals surface area contributed by atoms with E-state index in [0.717, 1.165) is 6.54 Å². The van der Waals surface area contributed by atoms with Crippen molar-refractivity contribution in [3.63, 3.8) is 0 Å². The molecule has 0 saturated carbocycles. The van der Waals surface area contributed by atoms with Crippen LogP contribution in [0.15, 0.2) is 0 Å². The highest BCUT2D eigenvalue weighted by molar-refractivity contribution is 4.96. The molecule has 0 aromatic carbocycles. The third-order valence-corrected chi connectivity index (χ3v) is 2.76. The van der Waals surface area contributed by atoms with Gasteiger partial charge in [0.25, 0.3) is 0 Å². The molecule has 0 spiro atoms. The van der Waals surface area contributed by atoms with E-state index in [9.17, 15) is 10.2 Å². The molecule has 2 atom stereocenters. The maximum Gasteiger partial charge on any atom is 0.0699 e. The van der Waals surface area contributed by atoms with E-state index in [4.69, 9.17) is 0 Å². The third-order valence-electron chi connectivity index (χ3n) is 2.76. The van der Waals surface area contributed by atoms with Gasteiger partial charge < -0.3 is 15.5 Å². The van der Waals surface area contributed by atoms with Gasteiger partial charge in [0.2, 0.25) is 0 Å². The van der Waals surface area contributed by atoms with Gasteiger partial charge in [-0.05, 0) is 33.7 Å². The minimum Gasteiger partial charge on any atom is -0.390 e. The summed E-state index contributed by atoms with van der Waals surface area (Å²) in [6.45, 7) is 6.82. The van der Waals surface area contributed by atoms with Gasteiger partial charge in [-0.3, -0.25) is 0 Å². The molecule has 1 heterocycles. The smallest absolute Gasteiger partial charge is 0.0699 e. The molecule has 0 amide bonds. The zero-order valence-corrected chi connectivity index (χ0v) is 8.09. The quantitative estimate of drug-likeness (QED) is 0.528. The Labute approximate surface area is 73.8 Å². The van der Waals surface area contributed by atoms with Crippen molar-refractivity contribution in [3.8, 4) is 0 Å². The Kier molecular flexibility index (Phi) is 2.47. The lowest BCUT2D eigenvalue weighted by Crippen LogP contribution is -2.56. The molecule has 3 N–H and O–H groups in total. The van der Waals surface area contributed by atoms with Crippen molar-refractivity contribution in [2.24, 2.45) is 5.92 Å². The first-order valence-corrected chi connectivity index (χ1v) is 4.49. The summed E-state index contributed by atoms with van der Waals surface area (Å²) < 4.78 is 0. The minimum absolute atomic E-state index is 0.0845. The van der Waals surface area contributed by atoms with Gasteiger partial charge in [-0.2, -0.15) is 0 Å². The molecule has 12 heavy (non-hydrogen) atoms. The molecule has 72 valence electrons. The summed E-state index contributed by atoms with van der Waals surface area (Å²) in [5.74, 6) is -0.0845. The van der Waals surface area contributed by atoms with E-state index >= 15 is 0 Å². The van der Waals surface area contributed by atoms with Crippen LogP contribution in [0.5, 0.6) is 0 Å². The van der Waals surface area contributed by atoms with Crippen molar-refractivity contribution in [1.29, 1.82) is 0 Å². The van der Waals surface area contributed by atoms with Crippen LogP contribution in [0.3, 0.4) is 0 Å². The molecule has 1 aliphatic heterocycles. The number of piperidine rings is 1. The van der Waals surface area contributed by atoms with Gasteiger partial charge in [-0.25, -0.2) is 0 Å². The van der Waals surface area contributed by atoms with Crippen LogP contribution in [-0.2, 0) is 0 Å². The Bertz CT molecular complexity index is 160. The first kappa shape index (κ1) is 9.96. The second kappa shape index (κ2) is 2.98. The molecule has 0 aromatic heterocycles. The van der Waals surface area contributed by atoms with E-state index in [0.29, 0.717) is 13.0 Å². The predicted octanol–water partition coefficient (Wildman–Crippen LogP) is 0.118. The van der Waals surface area contributed by atoms with E-state index in [2.05, 4.69) is 5.32 Å². The van der Waals surface area contributed by atoms with Gasteiger partial charge >= 0.3 is 0 Å². The largest absolute Gasteiger partial charge is 0.390 e. The van der Waals surface area contributed by atoms with Crippen LogP contribution in [-0.4, -0.2) is 34.5 Å². The molecular weight excluding hydrogens is 154 g/mol. The summed E-state index contributed by atoms with van der Waals surface area (Å²) in [5, 5.41) is 22.9. The zero-order chi connectivity index (χ0) is 9.41. The molecule has 0 radical (unpaired) electrons. The fourth-order valence-electron chi connectivity index (χ4n) is 1.99. The second-order valence-electron chi connectivity index (χ2n) is 4.52. The Balaban J connectivity index is 2.73. The summed E-state index contributed by atoms with van der Waals surface area (Å²) in [6.07, 6.45) is 0.710. The SMILES string of the molecule is CC(C)(O)C1CNCC[C@]1(C)O. The third kappa shape index (κ3) is 1.97. The number of hydrogen-bond donors (Lipinski definition) is 3. The van der Waals surface area contributed by atoms with Crippen molar-refractivity contribution in [1.82, 2.24) is 5.32 Å². The summed E-state index contributed by atoms with van der Waals surface area (Å²) in [4.78, 5) is 0. The molecule has 3 nitrogen and oxygen atoms in total. The van der Waals surface area contributed by atoms with Gasteiger partial charge in [-0.1, -0.05) is 0 Å². The predicted molar refractivity (Wildman–Crippen MR) is 47.9 cm³/mol. The second-order valence-corrected chi connectivity index (χ2v) is 4.52. The lowest BCUT2D eigenvalue weighted by Gasteiger charge is -2.43. The normalized spacial score (nSPS) is 38.2. The fraction of sp³-hybridized carbons (Fsp3) is 1.00. The van der Waals surface area contributed by atoms with E-state index in [1.165, 1.54) is 0 Å². The van der Waals surface area contributed by atoms with Gasteiger partial charge in [0.1, 0.15) is 0 Å². The van der Waals surface area contributed by atoms with Crippen molar-refractivity contribution >= 4 is 0 Å². The van der Waals surface area contributed by atoms with Crippen molar-refractivity contribution in [3.05, 3.63) is 0 Å². The topological polar surface area (TPSA) is 52.5 Å². The Morgan fingerprint density at radius 1 is 1.50 bits per heavy atom. The van der Waals surface area contributed by atoms with Crippen LogP contribution in [0.1, 0.15) is 27.2 Å². The average molecular weight is 173 g/mol. The Morgan fingerprint density at radius 3 is 2.42 bits per heavy atom. The first-order chi connectivity index (χ1) is 5.34. The Morgan fingerprint density at radius 2 is 2.08 bits per heavy atom. The van der Waals surface area contributed by atoms with Crippen molar-refractivity contribution in [2.75, 3.05) is 13.1 Å². The number of hydrogen-bond acceptors (Lipinski definition) is 3. The van der Waals surface area contributed by atoms with Crippen LogP contribution in [0, 0.1) is 5.92 Å². The van der Waals surface area contributed by atoms with E-state index < -0.39 is 11.2 Å². The van der Waals surface area contributed by atoms with E-state index in [-0.39, 0.29) is 5.92 Å². The van der Waals surface area contributed by atoms with Crippen LogP contribution in [0.25, 0.3) is 0 Å². The van der Waals surface area contributed by atoms with Crippen molar-refractivity contribution < 1.29 is 10.2 Å². The molecule has 1 saturated heterocycles. The summed E-state index contributed by atoms with van der Waals surface area (Å²) in [6, 6.07) is 0. The van der Waals surface area contributed by atoms with Gasteiger partial charge in [-0.15, -0.1) is 0 Å². The van der Waals surface area contributed by atoms with Crippen molar-refractivity contribution in [2.45, 2.75) is 38.4 Å². The molecule has 1 rings (SSSR count). The highest BCUT2D eigenvalue weighted by Gasteiger charge is 2.42. The standard InChI is InChI=1S/C9H19NO2/c1-8(2,11)7-6-10-5-4-9(7,3)12/h7,10-12H,4-6H2,1-3H3/t7?,9-/m0/s1. The highest BCUT2D eigenvalue weighted by Crippen LogP contribution is 2.32. The van der Waals surface area contributed by atoms with Crippen LogP contribution < -0.4 is 5.32 Å². The molecule has 3 heteroatoms. The summed E-state index contributed by atoms with van der Waals surface area (Å²) in [7, 11) is 0. The molecule has 0 bridgehead atoms. The maximum atomic E-state index is 9.97. The van der Waals surface area contributed by atoms with Crippen LogP contribution >= 0.6 is 0 Å². The maximum absolute atomic E-state index is 9.97. The first-order valence-electron chi connectivity index (χ1n) is 4.49. The van der Waals surface area contributed by atoms with Gasteiger partial charge in [0.15, 0.2) is 0 Å². The molecule has 1 aliphatic rings. The number of rotatable bonds is 1. The lowest BCUT2D eigenvalue weighted by atomic mass is 9.74. The van der Waals surface area contributed by atoms with E-state index in [1.807, 2.05) is 0 Å². The monoisotopic (exact) mass is 173 g/mol. The van der Waals surface area contributed by atoms with E-state index in [1.54, 1.807) is 20.8 Å².